The van der Waals surface area contributed by atoms with Crippen molar-refractivity contribution in [2.75, 3.05) is 30.1 Å². The number of halogens is 4. The molecule has 1 aliphatic heterocycles. The van der Waals surface area contributed by atoms with Crippen molar-refractivity contribution in [3.05, 3.63) is 46.0 Å². The van der Waals surface area contributed by atoms with Crippen molar-refractivity contribution in [2.24, 2.45) is 7.05 Å². The highest BCUT2D eigenvalue weighted by Gasteiger charge is 2.55. The molecule has 0 spiro atoms. The fourth-order valence-electron chi connectivity index (χ4n) is 3.58. The van der Waals surface area contributed by atoms with Crippen molar-refractivity contribution in [3.63, 3.8) is 0 Å². The molecule has 216 valence electrons. The number of hydrogen-bond donors (Lipinski definition) is 7. The van der Waals surface area contributed by atoms with E-state index in [0.29, 0.717) is 21.7 Å². The Labute approximate surface area is 217 Å². The molecule has 1 saturated heterocycles. The van der Waals surface area contributed by atoms with Gasteiger partial charge in [0, 0.05) is 45.6 Å². The molecule has 2 amide bonds. The lowest BCUT2D eigenvalue weighted by atomic mass is 9.99. The molecule has 14 nitrogen and oxygen atoms in total. The van der Waals surface area contributed by atoms with Crippen LogP contribution in [0.1, 0.15) is 24.0 Å². The number of nitrogens with one attached hydrogen (secondary N) is 2. The third-order valence-electron chi connectivity index (χ3n) is 5.53. The number of aryl methyl sites for hydroxylation is 1. The molecular formula is C21H27F4N7O7. The maximum atomic E-state index is 12.5. The lowest BCUT2D eigenvalue weighted by Gasteiger charge is -2.50. The number of nitrogens with two attached hydrogens (primary N) is 1. The van der Waals surface area contributed by atoms with Gasteiger partial charge in [0.15, 0.2) is 0 Å². The fourth-order valence-corrected chi connectivity index (χ4v) is 3.58. The number of nitrogen functional groups attached to an aromatic ring is 1. The van der Waals surface area contributed by atoms with Crippen molar-refractivity contribution < 1.29 is 47.6 Å². The Morgan fingerprint density at radius 2 is 1.95 bits per heavy atom. The second-order valence-electron chi connectivity index (χ2n) is 8.34. The number of hydrogen-bond acceptors (Lipinski definition) is 11. The minimum Gasteiger partial charge on any atom is -0.383 e. The van der Waals surface area contributed by atoms with Gasteiger partial charge >= 0.3 is 12.2 Å². The number of aliphatic hydroxyl groups is 4. The van der Waals surface area contributed by atoms with E-state index >= 15 is 0 Å². The van der Waals surface area contributed by atoms with Crippen molar-refractivity contribution >= 4 is 29.4 Å². The number of carbonyl (C=O) groups excluding carboxylic acids is 1. The summed E-state index contributed by atoms with van der Waals surface area (Å²) in [5.41, 5.74) is 3.10. The van der Waals surface area contributed by atoms with E-state index in [2.05, 4.69) is 4.98 Å². The second kappa shape index (κ2) is 11.5. The molecule has 3 rings (SSSR count). The zero-order chi connectivity index (χ0) is 29.9. The fraction of sp³-hybridized carbons (Fsp3) is 0.429. The Hall–Kier alpha value is -3.84. The Morgan fingerprint density at radius 1 is 1.33 bits per heavy atom. The predicted molar refractivity (Wildman–Crippen MR) is 128 cm³/mol. The van der Waals surface area contributed by atoms with Gasteiger partial charge in [-0.15, -0.1) is 0 Å². The van der Waals surface area contributed by atoms with Gasteiger partial charge in [0.1, 0.15) is 17.6 Å². The van der Waals surface area contributed by atoms with Crippen LogP contribution in [-0.4, -0.2) is 79.4 Å². The molecule has 0 bridgehead atoms. The summed E-state index contributed by atoms with van der Waals surface area (Å²) in [6.45, 7) is 0. The number of nitrogens with zero attached hydrogens (tertiary/aromatic N) is 4. The molecule has 1 fully saturated rings. The molecule has 8 N–H and O–H groups in total. The molecule has 2 aromatic rings. The van der Waals surface area contributed by atoms with Crippen LogP contribution in [0.15, 0.2) is 29.3 Å². The summed E-state index contributed by atoms with van der Waals surface area (Å²) >= 11 is 0. The maximum absolute atomic E-state index is 12.5. The molecule has 0 saturated carbocycles. The van der Waals surface area contributed by atoms with Crippen molar-refractivity contribution in [1.29, 1.82) is 5.41 Å². The number of urea groups is 1. The highest BCUT2D eigenvalue weighted by molar-refractivity contribution is 5.88. The number of ether oxygens (including phenoxy) is 1. The Balaban J connectivity index is 0.000000277. The third kappa shape index (κ3) is 6.98. The van der Waals surface area contributed by atoms with Crippen LogP contribution in [0.5, 0.6) is 0 Å². The third-order valence-corrected chi connectivity index (χ3v) is 5.53. The number of pyridine rings is 2. The van der Waals surface area contributed by atoms with Gasteiger partial charge in [-0.25, -0.2) is 9.78 Å². The second-order valence-corrected chi connectivity index (χ2v) is 8.34. The van der Waals surface area contributed by atoms with Crippen molar-refractivity contribution in [1.82, 2.24) is 14.7 Å². The first-order chi connectivity index (χ1) is 17.9. The zero-order valence-electron chi connectivity index (χ0n) is 20.8. The van der Waals surface area contributed by atoms with Crippen LogP contribution in [-0.2, 0) is 18.0 Å². The van der Waals surface area contributed by atoms with Crippen LogP contribution in [0.4, 0.5) is 39.6 Å². The minimum absolute atomic E-state index is 0.0144. The van der Waals surface area contributed by atoms with E-state index in [9.17, 15) is 47.7 Å². The minimum atomic E-state index is -4.67. The quantitative estimate of drug-likeness (QED) is 0.117. The number of methoxy groups -OCH3 is 1. The largest absolute Gasteiger partial charge is 0.417 e. The first-order valence-corrected chi connectivity index (χ1v) is 10.8. The van der Waals surface area contributed by atoms with Gasteiger partial charge in [0.05, 0.1) is 17.4 Å². The Kier molecular flexibility index (Phi) is 9.25. The molecule has 0 aromatic carbocycles. The van der Waals surface area contributed by atoms with E-state index in [0.717, 1.165) is 26.5 Å². The summed E-state index contributed by atoms with van der Waals surface area (Å²) in [5, 5.41) is 49.2. The van der Waals surface area contributed by atoms with Crippen LogP contribution in [0, 0.1) is 5.41 Å². The van der Waals surface area contributed by atoms with Crippen molar-refractivity contribution in [2.45, 2.75) is 36.9 Å². The first-order valence-electron chi connectivity index (χ1n) is 10.8. The summed E-state index contributed by atoms with van der Waals surface area (Å²) < 4.78 is 55.5. The number of aromatic nitrogens is 2. The summed E-state index contributed by atoms with van der Waals surface area (Å²) in [6, 6.07) is 0.408. The number of rotatable bonds is 4. The molecule has 1 atom stereocenters. The molecule has 0 radical (unpaired) electrons. The summed E-state index contributed by atoms with van der Waals surface area (Å²) in [6.07, 6.45) is -3.19. The van der Waals surface area contributed by atoms with E-state index in [1.54, 1.807) is 5.32 Å². The van der Waals surface area contributed by atoms with Gasteiger partial charge in [0.2, 0.25) is 0 Å². The standard InChI is InChI=1S/C12H18N4O5.C9H9F4N3O2/c1-21-9-2-3-11(17,18)16(12(9,19)20)8-4-7(5-13)10(14)15-6-8;1-15-4-5(9(10,11)12)3-6(7(15)17)14-8(18)16(2)13/h4-6,9,13,17-20H,2-3H2,1H3,(H2,14,15);3-4H,1-2H3,(H,14,18). The summed E-state index contributed by atoms with van der Waals surface area (Å²) in [5.74, 6) is -5.10. The van der Waals surface area contributed by atoms with E-state index < -0.39 is 46.9 Å². The van der Waals surface area contributed by atoms with Gasteiger partial charge in [-0.3, -0.25) is 9.69 Å². The molecular weight excluding hydrogens is 538 g/mol. The molecule has 1 aliphatic rings. The SMILES string of the molecule is CN(F)C(=O)Nc1cc(C(F)(F)F)cn(C)c1=O.COC1CCC(O)(O)N(c2cnc(N)c(C=N)c2)C1(O)O. The van der Waals surface area contributed by atoms with Crippen LogP contribution in [0.25, 0.3) is 0 Å². The van der Waals surface area contributed by atoms with Gasteiger partial charge in [-0.2, -0.15) is 18.3 Å². The lowest BCUT2D eigenvalue weighted by Crippen LogP contribution is -2.70. The highest BCUT2D eigenvalue weighted by Crippen LogP contribution is 2.39. The lowest BCUT2D eigenvalue weighted by molar-refractivity contribution is -0.312. The van der Waals surface area contributed by atoms with Gasteiger partial charge in [0.25, 0.3) is 17.4 Å². The summed E-state index contributed by atoms with van der Waals surface area (Å²) in [7, 11) is 3.12. The monoisotopic (exact) mass is 565 g/mol. The maximum Gasteiger partial charge on any atom is 0.417 e. The highest BCUT2D eigenvalue weighted by atomic mass is 19.4. The number of anilines is 3. The van der Waals surface area contributed by atoms with Crippen LogP contribution >= 0.6 is 0 Å². The van der Waals surface area contributed by atoms with E-state index in [-0.39, 0.29) is 35.0 Å². The predicted octanol–water partition coefficient (Wildman–Crippen LogP) is 0.306. The average Bonchev–Trinajstić information content (AvgIpc) is 2.81. The molecule has 18 heteroatoms. The summed E-state index contributed by atoms with van der Waals surface area (Å²) in [4.78, 5) is 26.8. The topological polar surface area (TPSA) is 210 Å². The van der Waals surface area contributed by atoms with Gasteiger partial charge in [-0.05, 0) is 18.6 Å². The number of piperidine rings is 1. The number of alkyl halides is 3. The molecule has 39 heavy (non-hydrogen) atoms. The molecule has 2 aromatic heterocycles. The molecule has 1 unspecified atom stereocenters. The van der Waals surface area contributed by atoms with Gasteiger partial charge in [-0.1, -0.05) is 4.48 Å². The van der Waals surface area contributed by atoms with E-state index in [1.165, 1.54) is 13.2 Å². The van der Waals surface area contributed by atoms with E-state index in [1.807, 2.05) is 0 Å². The first kappa shape index (κ1) is 31.4. The molecule has 3 heterocycles. The zero-order valence-corrected chi connectivity index (χ0v) is 20.8. The van der Waals surface area contributed by atoms with Crippen LogP contribution in [0.3, 0.4) is 0 Å². The smallest absolute Gasteiger partial charge is 0.383 e. The van der Waals surface area contributed by atoms with Crippen molar-refractivity contribution in [3.8, 4) is 0 Å². The average molecular weight is 565 g/mol. The van der Waals surface area contributed by atoms with E-state index in [4.69, 9.17) is 15.9 Å². The normalized spacial score (nSPS) is 18.0. The molecule has 0 aliphatic carbocycles. The van der Waals surface area contributed by atoms with Gasteiger partial charge < -0.3 is 46.2 Å². The Morgan fingerprint density at radius 3 is 2.46 bits per heavy atom. The Bertz CT molecular complexity index is 1270. The van der Waals surface area contributed by atoms with Crippen LogP contribution in [0.2, 0.25) is 0 Å². The number of carbonyl (C=O) groups is 1. The number of amides is 2. The van der Waals surface area contributed by atoms with Crippen LogP contribution < -0.4 is 21.5 Å².